The fourth-order valence-electron chi connectivity index (χ4n) is 2.14. The van der Waals surface area contributed by atoms with Gasteiger partial charge in [-0.15, -0.1) is 11.8 Å². The van der Waals surface area contributed by atoms with Crippen molar-refractivity contribution in [3.63, 3.8) is 0 Å². The Balaban J connectivity index is 1.80. The Kier molecular flexibility index (Phi) is 4.98. The second kappa shape index (κ2) is 6.56. The first-order chi connectivity index (χ1) is 9.83. The molecule has 1 fully saturated rings. The van der Waals surface area contributed by atoms with Gasteiger partial charge in [0.1, 0.15) is 11.4 Å². The van der Waals surface area contributed by atoms with Crippen molar-refractivity contribution in [3.8, 4) is 0 Å². The average molecular weight is 309 g/mol. The lowest BCUT2D eigenvalue weighted by molar-refractivity contribution is 0.0219. The maximum Gasteiger partial charge on any atom is 0.410 e. The van der Waals surface area contributed by atoms with Crippen molar-refractivity contribution in [1.82, 2.24) is 9.88 Å². The number of carbonyl (C=O) groups is 1. The number of anilines is 1. The summed E-state index contributed by atoms with van der Waals surface area (Å²) < 4.78 is 5.40. The van der Waals surface area contributed by atoms with Crippen LogP contribution in [-0.2, 0) is 4.74 Å². The van der Waals surface area contributed by atoms with E-state index in [1.807, 2.05) is 32.9 Å². The van der Waals surface area contributed by atoms with Gasteiger partial charge in [0.2, 0.25) is 0 Å². The van der Waals surface area contributed by atoms with Gasteiger partial charge in [-0.2, -0.15) is 0 Å². The van der Waals surface area contributed by atoms with E-state index >= 15 is 0 Å². The summed E-state index contributed by atoms with van der Waals surface area (Å²) in [5.74, 6) is 0.541. The highest BCUT2D eigenvalue weighted by Crippen LogP contribution is 2.30. The summed E-state index contributed by atoms with van der Waals surface area (Å²) in [6, 6.07) is 3.81. The lowest BCUT2D eigenvalue weighted by atomic mass is 10.1. The molecule has 1 aromatic rings. The monoisotopic (exact) mass is 309 g/mol. The molecule has 1 aliphatic heterocycles. The molecule has 0 bridgehead atoms. The highest BCUT2D eigenvalue weighted by molar-refractivity contribution is 8.00. The Bertz CT molecular complexity index is 477. The Labute approximate surface area is 130 Å². The minimum atomic E-state index is -0.432. The van der Waals surface area contributed by atoms with E-state index in [1.165, 1.54) is 0 Å². The molecule has 1 amide bonds. The first-order valence-corrected chi connectivity index (χ1v) is 8.07. The smallest absolute Gasteiger partial charge is 0.410 e. The number of nitrogens with zero attached hydrogens (tertiary/aromatic N) is 2. The van der Waals surface area contributed by atoms with Crippen LogP contribution in [0.4, 0.5) is 10.6 Å². The molecule has 0 spiro atoms. The number of carbonyl (C=O) groups excluding carboxylic acids is 1. The molecule has 1 saturated heterocycles. The van der Waals surface area contributed by atoms with Gasteiger partial charge in [-0.25, -0.2) is 9.78 Å². The molecule has 2 rings (SSSR count). The van der Waals surface area contributed by atoms with Crippen molar-refractivity contribution in [2.45, 2.75) is 49.4 Å². The number of thioether (sulfide) groups is 1. The van der Waals surface area contributed by atoms with Gasteiger partial charge >= 0.3 is 6.09 Å². The molecule has 0 aliphatic carbocycles. The predicted octanol–water partition coefficient (Wildman–Crippen LogP) is 3.16. The van der Waals surface area contributed by atoms with Crippen LogP contribution in [0.3, 0.4) is 0 Å². The molecule has 0 saturated carbocycles. The molecule has 0 unspecified atom stereocenters. The summed E-state index contributed by atoms with van der Waals surface area (Å²) in [5, 5.41) is 0.508. The van der Waals surface area contributed by atoms with Crippen molar-refractivity contribution in [2.75, 3.05) is 18.8 Å². The van der Waals surface area contributed by atoms with E-state index in [0.717, 1.165) is 30.8 Å². The quantitative estimate of drug-likeness (QED) is 0.909. The molecular weight excluding hydrogens is 286 g/mol. The number of piperidine rings is 1. The van der Waals surface area contributed by atoms with Gasteiger partial charge in [0.15, 0.2) is 0 Å². The van der Waals surface area contributed by atoms with Crippen molar-refractivity contribution < 1.29 is 9.53 Å². The SMILES string of the molecule is CC(C)(C)OC(=O)N1CCC(Sc2ccc(N)nc2)CC1. The van der Waals surface area contributed by atoms with E-state index in [4.69, 9.17) is 10.5 Å². The van der Waals surface area contributed by atoms with Crippen LogP contribution in [-0.4, -0.2) is 39.9 Å². The lowest BCUT2D eigenvalue weighted by Crippen LogP contribution is -2.42. The van der Waals surface area contributed by atoms with E-state index < -0.39 is 5.60 Å². The average Bonchev–Trinajstić information content (AvgIpc) is 2.40. The maximum atomic E-state index is 12.0. The van der Waals surface area contributed by atoms with Crippen LogP contribution >= 0.6 is 11.8 Å². The topological polar surface area (TPSA) is 68.5 Å². The van der Waals surface area contributed by atoms with Gasteiger partial charge in [-0.05, 0) is 45.7 Å². The van der Waals surface area contributed by atoms with Crippen LogP contribution in [0.5, 0.6) is 0 Å². The largest absolute Gasteiger partial charge is 0.444 e. The van der Waals surface area contributed by atoms with Crippen molar-refractivity contribution in [2.24, 2.45) is 0 Å². The molecule has 0 radical (unpaired) electrons. The fraction of sp³-hybridized carbons (Fsp3) is 0.600. The highest BCUT2D eigenvalue weighted by Gasteiger charge is 2.27. The minimum Gasteiger partial charge on any atom is -0.444 e. The number of hydrogen-bond donors (Lipinski definition) is 1. The van der Waals surface area contributed by atoms with Crippen molar-refractivity contribution in [1.29, 1.82) is 0 Å². The maximum absolute atomic E-state index is 12.0. The summed E-state index contributed by atoms with van der Waals surface area (Å²) >= 11 is 1.80. The number of ether oxygens (including phenoxy) is 1. The number of hydrogen-bond acceptors (Lipinski definition) is 5. The summed E-state index contributed by atoms with van der Waals surface area (Å²) in [5.41, 5.74) is 5.15. The third kappa shape index (κ3) is 5.12. The molecule has 1 aliphatic rings. The third-order valence-corrected chi connectivity index (χ3v) is 4.47. The van der Waals surface area contributed by atoms with E-state index in [-0.39, 0.29) is 6.09 Å². The second-order valence-corrected chi connectivity index (χ2v) is 7.58. The molecule has 21 heavy (non-hydrogen) atoms. The first kappa shape index (κ1) is 15.9. The number of nitrogens with two attached hydrogens (primary N) is 1. The number of amides is 1. The molecule has 116 valence electrons. The molecule has 2 N–H and O–H groups in total. The van der Waals surface area contributed by atoms with Crippen molar-refractivity contribution >= 4 is 23.7 Å². The lowest BCUT2D eigenvalue weighted by Gasteiger charge is -2.33. The van der Waals surface area contributed by atoms with Gasteiger partial charge < -0.3 is 15.4 Å². The summed E-state index contributed by atoms with van der Waals surface area (Å²) in [6.07, 6.45) is 3.53. The van der Waals surface area contributed by atoms with E-state index in [9.17, 15) is 4.79 Å². The molecule has 5 nitrogen and oxygen atoms in total. The minimum absolute atomic E-state index is 0.208. The summed E-state index contributed by atoms with van der Waals surface area (Å²) in [6.45, 7) is 7.16. The Morgan fingerprint density at radius 3 is 2.57 bits per heavy atom. The van der Waals surface area contributed by atoms with E-state index in [1.54, 1.807) is 22.9 Å². The molecule has 0 atom stereocenters. The van der Waals surface area contributed by atoms with Gasteiger partial charge in [0, 0.05) is 29.4 Å². The van der Waals surface area contributed by atoms with Crippen LogP contribution in [0.15, 0.2) is 23.2 Å². The van der Waals surface area contributed by atoms with Crippen LogP contribution < -0.4 is 5.73 Å². The molecular formula is C15H23N3O2S. The van der Waals surface area contributed by atoms with Gasteiger partial charge in [-0.3, -0.25) is 0 Å². The van der Waals surface area contributed by atoms with Crippen LogP contribution in [0.2, 0.25) is 0 Å². The second-order valence-electron chi connectivity index (χ2n) is 6.20. The number of pyridine rings is 1. The standard InChI is InChI=1S/C15H23N3O2S/c1-15(2,3)20-14(19)18-8-6-11(7-9-18)21-12-4-5-13(16)17-10-12/h4-5,10-11H,6-9H2,1-3H3,(H2,16,17). The Morgan fingerprint density at radius 2 is 2.05 bits per heavy atom. The zero-order valence-electron chi connectivity index (χ0n) is 12.8. The Hall–Kier alpha value is -1.43. The van der Waals surface area contributed by atoms with Gasteiger partial charge in [0.25, 0.3) is 0 Å². The highest BCUT2D eigenvalue weighted by atomic mass is 32.2. The molecule has 2 heterocycles. The normalized spacial score (nSPS) is 16.8. The van der Waals surface area contributed by atoms with Crippen LogP contribution in [0, 0.1) is 0 Å². The predicted molar refractivity (Wildman–Crippen MR) is 85.3 cm³/mol. The number of aromatic nitrogens is 1. The molecule has 1 aromatic heterocycles. The third-order valence-electron chi connectivity index (χ3n) is 3.16. The zero-order chi connectivity index (χ0) is 15.5. The zero-order valence-corrected chi connectivity index (χ0v) is 13.7. The van der Waals surface area contributed by atoms with E-state index in [2.05, 4.69) is 4.98 Å². The molecule has 6 heteroatoms. The van der Waals surface area contributed by atoms with Crippen molar-refractivity contribution in [3.05, 3.63) is 18.3 Å². The fourth-order valence-corrected chi connectivity index (χ4v) is 3.23. The van der Waals surface area contributed by atoms with Gasteiger partial charge in [0.05, 0.1) is 0 Å². The van der Waals surface area contributed by atoms with Gasteiger partial charge in [-0.1, -0.05) is 0 Å². The van der Waals surface area contributed by atoms with Crippen LogP contribution in [0.1, 0.15) is 33.6 Å². The van der Waals surface area contributed by atoms with Crippen LogP contribution in [0.25, 0.3) is 0 Å². The Morgan fingerprint density at radius 1 is 1.38 bits per heavy atom. The first-order valence-electron chi connectivity index (χ1n) is 7.19. The molecule has 0 aromatic carbocycles. The summed E-state index contributed by atoms with van der Waals surface area (Å²) in [7, 11) is 0. The number of likely N-dealkylation sites (tertiary alicyclic amines) is 1. The van der Waals surface area contributed by atoms with E-state index in [0.29, 0.717) is 11.1 Å². The number of rotatable bonds is 2. The number of nitrogen functional groups attached to an aromatic ring is 1. The summed E-state index contributed by atoms with van der Waals surface area (Å²) in [4.78, 5) is 19.0.